The summed E-state index contributed by atoms with van der Waals surface area (Å²) in [7, 11) is 0. The average Bonchev–Trinajstić information content (AvgIpc) is 2.00. The number of aliphatic hydroxyl groups is 3. The van der Waals surface area contributed by atoms with Gasteiger partial charge >= 0.3 is 0 Å². The Morgan fingerprint density at radius 1 is 1.50 bits per heavy atom. The van der Waals surface area contributed by atoms with Crippen molar-refractivity contribution in [2.75, 3.05) is 0 Å². The third kappa shape index (κ3) is 4.37. The van der Waals surface area contributed by atoms with Gasteiger partial charge in [-0.2, -0.15) is 0 Å². The summed E-state index contributed by atoms with van der Waals surface area (Å²) in [6.07, 6.45) is -2.58. The van der Waals surface area contributed by atoms with Crippen LogP contribution in [0.25, 0.3) is 0 Å². The summed E-state index contributed by atoms with van der Waals surface area (Å²) in [5, 5.41) is 26.5. The second kappa shape index (κ2) is 4.48. The Morgan fingerprint density at radius 2 is 2.00 bits per heavy atom. The molecular weight excluding hydrogens is 164 g/mol. The summed E-state index contributed by atoms with van der Waals surface area (Å²) in [6, 6.07) is 0. The molecule has 0 rings (SSSR count). The summed E-state index contributed by atoms with van der Waals surface area (Å²) < 4.78 is 0. The van der Waals surface area contributed by atoms with Crippen LogP contribution in [0.2, 0.25) is 0 Å². The monoisotopic (exact) mass is 178 g/mol. The first-order valence-corrected chi connectivity index (χ1v) is 3.48. The van der Waals surface area contributed by atoms with Crippen molar-refractivity contribution >= 4 is 6.29 Å². The van der Waals surface area contributed by atoms with Crippen molar-refractivity contribution in [3.8, 4) is 0 Å². The molecule has 6 heteroatoms. The lowest BCUT2D eigenvalue weighted by Gasteiger charge is -2.19. The van der Waals surface area contributed by atoms with Crippen LogP contribution in [0.5, 0.6) is 0 Å². The van der Waals surface area contributed by atoms with Crippen LogP contribution in [0, 0.1) is 0 Å². The van der Waals surface area contributed by atoms with E-state index in [9.17, 15) is 4.79 Å². The molecule has 0 aliphatic heterocycles. The van der Waals surface area contributed by atoms with Crippen LogP contribution in [0.1, 0.15) is 12.8 Å². The number of nitrogens with two attached hydrogens (primary N) is 2. The molecule has 3 atom stereocenters. The highest BCUT2D eigenvalue weighted by Gasteiger charge is 2.22. The maximum atomic E-state index is 10.1. The fourth-order valence-corrected chi connectivity index (χ4v) is 0.609. The molecule has 0 saturated heterocycles. The van der Waals surface area contributed by atoms with Gasteiger partial charge in [0.05, 0.1) is 6.10 Å². The second-order valence-electron chi connectivity index (χ2n) is 2.71. The minimum Gasteiger partial charge on any atom is -0.389 e. The highest BCUT2D eigenvalue weighted by atomic mass is 16.3. The molecule has 1 unspecified atom stereocenters. The van der Waals surface area contributed by atoms with E-state index < -0.39 is 18.1 Å². The van der Waals surface area contributed by atoms with Crippen molar-refractivity contribution in [1.82, 2.24) is 0 Å². The molecule has 0 aliphatic carbocycles. The molecular formula is C6H14N2O4. The molecule has 0 aromatic carbocycles. The van der Waals surface area contributed by atoms with Gasteiger partial charge in [-0.05, 0) is 12.8 Å². The van der Waals surface area contributed by atoms with Crippen LogP contribution in [-0.4, -0.2) is 39.7 Å². The fourth-order valence-electron chi connectivity index (χ4n) is 0.609. The van der Waals surface area contributed by atoms with Crippen molar-refractivity contribution in [2.45, 2.75) is 30.9 Å². The third-order valence-corrected chi connectivity index (χ3v) is 1.44. The van der Waals surface area contributed by atoms with Crippen LogP contribution in [0.4, 0.5) is 0 Å². The number of aldehydes is 1. The topological polar surface area (TPSA) is 130 Å². The molecule has 0 heterocycles. The van der Waals surface area contributed by atoms with E-state index in [0.717, 1.165) is 0 Å². The molecule has 6 nitrogen and oxygen atoms in total. The Kier molecular flexibility index (Phi) is 4.29. The van der Waals surface area contributed by atoms with Gasteiger partial charge in [0.2, 0.25) is 0 Å². The molecule has 0 aliphatic rings. The van der Waals surface area contributed by atoms with Crippen molar-refractivity contribution in [3.05, 3.63) is 0 Å². The summed E-state index contributed by atoms with van der Waals surface area (Å²) in [5.41, 5.74) is 7.97. The molecule has 0 aromatic heterocycles. The molecule has 0 saturated carbocycles. The van der Waals surface area contributed by atoms with Gasteiger partial charge in [-0.25, -0.2) is 0 Å². The second-order valence-corrected chi connectivity index (χ2v) is 2.71. The van der Waals surface area contributed by atoms with Crippen LogP contribution in [0.3, 0.4) is 0 Å². The first-order valence-electron chi connectivity index (χ1n) is 3.48. The highest BCUT2D eigenvalue weighted by Crippen LogP contribution is 2.06. The van der Waals surface area contributed by atoms with E-state index >= 15 is 0 Å². The number of rotatable bonds is 5. The zero-order chi connectivity index (χ0) is 9.78. The zero-order valence-corrected chi connectivity index (χ0v) is 6.55. The molecule has 0 radical (unpaired) electrons. The van der Waals surface area contributed by atoms with E-state index in [1.54, 1.807) is 0 Å². The number of aliphatic hydroxyl groups excluding tert-OH is 2. The quantitative estimate of drug-likeness (QED) is 0.229. The summed E-state index contributed by atoms with van der Waals surface area (Å²) >= 11 is 0. The predicted molar refractivity (Wildman–Crippen MR) is 40.6 cm³/mol. The Labute approximate surface area is 69.8 Å². The van der Waals surface area contributed by atoms with Crippen LogP contribution < -0.4 is 11.5 Å². The molecule has 0 amide bonds. The van der Waals surface area contributed by atoms with Gasteiger partial charge in [-0.3, -0.25) is 10.5 Å². The lowest BCUT2D eigenvalue weighted by Crippen LogP contribution is -2.43. The van der Waals surface area contributed by atoms with Crippen LogP contribution in [0.15, 0.2) is 0 Å². The summed E-state index contributed by atoms with van der Waals surface area (Å²) in [5.74, 6) is 0. The highest BCUT2D eigenvalue weighted by molar-refractivity contribution is 5.60. The Balaban J connectivity index is 3.75. The zero-order valence-electron chi connectivity index (χ0n) is 6.55. The first-order chi connectivity index (χ1) is 5.39. The third-order valence-electron chi connectivity index (χ3n) is 1.44. The molecule has 72 valence electrons. The summed E-state index contributed by atoms with van der Waals surface area (Å²) in [4.78, 5) is 10.1. The predicted octanol–water partition coefficient (Wildman–Crippen LogP) is -2.75. The minimum atomic E-state index is -1.95. The van der Waals surface area contributed by atoms with Gasteiger partial charge in [-0.1, -0.05) is 0 Å². The normalized spacial score (nSPS) is 21.1. The largest absolute Gasteiger partial charge is 0.389 e. The smallest absolute Gasteiger partial charge is 0.170 e. The molecule has 0 spiro atoms. The molecule has 12 heavy (non-hydrogen) atoms. The molecule has 0 bridgehead atoms. The van der Waals surface area contributed by atoms with Crippen molar-refractivity contribution in [3.63, 3.8) is 0 Å². The van der Waals surface area contributed by atoms with Gasteiger partial charge < -0.3 is 21.1 Å². The van der Waals surface area contributed by atoms with E-state index in [-0.39, 0.29) is 19.1 Å². The van der Waals surface area contributed by atoms with Gasteiger partial charge in [0.15, 0.2) is 12.0 Å². The lowest BCUT2D eigenvalue weighted by molar-refractivity contribution is -0.125. The van der Waals surface area contributed by atoms with Crippen molar-refractivity contribution < 1.29 is 20.1 Å². The lowest BCUT2D eigenvalue weighted by atomic mass is 10.1. The van der Waals surface area contributed by atoms with Gasteiger partial charge in [0.1, 0.15) is 6.23 Å². The Morgan fingerprint density at radius 3 is 2.33 bits per heavy atom. The first kappa shape index (κ1) is 11.5. The average molecular weight is 178 g/mol. The van der Waals surface area contributed by atoms with E-state index in [4.69, 9.17) is 26.8 Å². The minimum absolute atomic E-state index is 0.0383. The van der Waals surface area contributed by atoms with E-state index in [2.05, 4.69) is 0 Å². The maximum absolute atomic E-state index is 10.1. The summed E-state index contributed by atoms with van der Waals surface area (Å²) in [6.45, 7) is 0. The molecule has 0 aromatic rings. The fraction of sp³-hybridized carbons (Fsp3) is 0.833. The standard InChI is InChI=1S/C6H14N2O4/c7-5(11)4(10)1-2-6(8,12)3-9/h3-5,10-12H,1-2,7-8H2/t4-,5?,6+/m0/s1. The Hall–Kier alpha value is -0.530. The van der Waals surface area contributed by atoms with Crippen molar-refractivity contribution in [2.24, 2.45) is 11.5 Å². The van der Waals surface area contributed by atoms with Gasteiger partial charge in [0.25, 0.3) is 0 Å². The van der Waals surface area contributed by atoms with E-state index in [1.807, 2.05) is 0 Å². The van der Waals surface area contributed by atoms with E-state index in [0.29, 0.717) is 0 Å². The molecule has 7 N–H and O–H groups in total. The number of carbonyl (C=O) groups is 1. The van der Waals surface area contributed by atoms with E-state index in [1.165, 1.54) is 0 Å². The molecule has 0 fully saturated rings. The number of hydrogen-bond donors (Lipinski definition) is 5. The van der Waals surface area contributed by atoms with Crippen LogP contribution >= 0.6 is 0 Å². The Bertz CT molecular complexity index is 148. The van der Waals surface area contributed by atoms with Crippen LogP contribution in [-0.2, 0) is 4.79 Å². The maximum Gasteiger partial charge on any atom is 0.170 e. The number of hydrogen-bond acceptors (Lipinski definition) is 6. The van der Waals surface area contributed by atoms with Gasteiger partial charge in [-0.15, -0.1) is 0 Å². The van der Waals surface area contributed by atoms with Gasteiger partial charge in [0, 0.05) is 0 Å². The van der Waals surface area contributed by atoms with Crippen molar-refractivity contribution in [1.29, 1.82) is 0 Å². The SMILES string of the molecule is NC(O)[C@@H](O)CC[C@@](N)(O)C=O. The number of carbonyl (C=O) groups excluding carboxylic acids is 1.